The van der Waals surface area contributed by atoms with Gasteiger partial charge in [0.05, 0.1) is 16.2 Å². The zero-order valence-corrected chi connectivity index (χ0v) is 19.7. The lowest BCUT2D eigenvalue weighted by Crippen LogP contribution is -2.42. The van der Waals surface area contributed by atoms with Gasteiger partial charge < -0.3 is 18.9 Å². The predicted molar refractivity (Wildman–Crippen MR) is 117 cm³/mol. The molecule has 0 bridgehead atoms. The van der Waals surface area contributed by atoms with E-state index in [0.29, 0.717) is 31.5 Å². The number of nitrogens with zero attached hydrogens (tertiary/aromatic N) is 3. The Morgan fingerprint density at radius 1 is 1.27 bits per heavy atom. The van der Waals surface area contributed by atoms with Crippen molar-refractivity contribution in [1.82, 2.24) is 14.9 Å². The van der Waals surface area contributed by atoms with Crippen LogP contribution >= 0.6 is 0 Å². The lowest BCUT2D eigenvalue weighted by atomic mass is 10.1. The maximum absolute atomic E-state index is 14.3. The maximum Gasteiger partial charge on any atom is 0.229 e. The van der Waals surface area contributed by atoms with Gasteiger partial charge in [-0.2, -0.15) is 0 Å². The normalized spacial score (nSPS) is 15.8. The molecule has 1 aromatic carbocycles. The van der Waals surface area contributed by atoms with E-state index in [-0.39, 0.29) is 46.6 Å². The number of carbonyl (C=O) groups is 1. The van der Waals surface area contributed by atoms with Gasteiger partial charge in [-0.15, -0.1) is 0 Å². The van der Waals surface area contributed by atoms with Gasteiger partial charge in [-0.25, -0.2) is 27.0 Å². The smallest absolute Gasteiger partial charge is 0.229 e. The van der Waals surface area contributed by atoms with Crippen LogP contribution in [0, 0.1) is 12.7 Å². The Morgan fingerprint density at radius 2 is 1.94 bits per heavy atom. The largest absolute Gasteiger partial charge is 0.474 e. The topological polar surface area (TPSA) is 136 Å². The van der Waals surface area contributed by atoms with Crippen molar-refractivity contribution in [3.8, 4) is 17.5 Å². The van der Waals surface area contributed by atoms with Gasteiger partial charge >= 0.3 is 0 Å². The van der Waals surface area contributed by atoms with E-state index in [1.165, 1.54) is 18.5 Å². The van der Waals surface area contributed by atoms with Gasteiger partial charge in [0.2, 0.25) is 17.7 Å². The Bertz CT molecular complexity index is 1150. The highest BCUT2D eigenvalue weighted by Crippen LogP contribution is 2.31. The van der Waals surface area contributed by atoms with E-state index in [0.717, 1.165) is 12.3 Å². The van der Waals surface area contributed by atoms with Crippen molar-refractivity contribution in [2.75, 3.05) is 25.1 Å². The number of rotatable bonds is 8. The molecule has 2 aromatic rings. The summed E-state index contributed by atoms with van der Waals surface area (Å²) in [5, 5.41) is 0. The van der Waals surface area contributed by atoms with Crippen molar-refractivity contribution in [3.63, 3.8) is 0 Å². The first-order valence-electron chi connectivity index (χ1n) is 10.1. The monoisotopic (exact) mass is 501 g/mol. The summed E-state index contributed by atoms with van der Waals surface area (Å²) >= 11 is -2.00. The third kappa shape index (κ3) is 6.68. The minimum Gasteiger partial charge on any atom is -0.474 e. The highest BCUT2D eigenvalue weighted by molar-refractivity contribution is 7.90. The first-order chi connectivity index (χ1) is 15.5. The molecule has 1 fully saturated rings. The van der Waals surface area contributed by atoms with E-state index in [1.54, 1.807) is 11.8 Å². The van der Waals surface area contributed by atoms with Crippen molar-refractivity contribution >= 4 is 26.8 Å². The second-order valence-corrected chi connectivity index (χ2v) is 10.6. The van der Waals surface area contributed by atoms with E-state index >= 15 is 0 Å². The molecule has 33 heavy (non-hydrogen) atoms. The maximum atomic E-state index is 14.3. The summed E-state index contributed by atoms with van der Waals surface area (Å²) < 4.78 is 68.5. The molecule has 1 atom stereocenters. The SMILES string of the molecule is Cc1c(Oc2ccc(S(C)(=O)=O)cc2F)ncnc1OC1CCN(C(=O)CCS(=O)O)CC1. The van der Waals surface area contributed by atoms with Gasteiger partial charge in [0, 0.05) is 38.6 Å². The number of aromatic nitrogens is 2. The number of ether oxygens (including phenoxy) is 2. The summed E-state index contributed by atoms with van der Waals surface area (Å²) in [6, 6.07) is 3.34. The van der Waals surface area contributed by atoms with Gasteiger partial charge in [-0.1, -0.05) is 0 Å². The van der Waals surface area contributed by atoms with Gasteiger partial charge in [-0.05, 0) is 25.1 Å². The van der Waals surface area contributed by atoms with Crippen molar-refractivity contribution in [3.05, 3.63) is 35.9 Å². The van der Waals surface area contributed by atoms with Crippen molar-refractivity contribution < 1.29 is 35.8 Å². The van der Waals surface area contributed by atoms with E-state index in [1.807, 2.05) is 0 Å². The second-order valence-electron chi connectivity index (χ2n) is 7.55. The molecule has 1 saturated heterocycles. The quantitative estimate of drug-likeness (QED) is 0.539. The van der Waals surface area contributed by atoms with E-state index in [9.17, 15) is 21.8 Å². The van der Waals surface area contributed by atoms with Crippen LogP contribution < -0.4 is 9.47 Å². The Kier molecular flexibility index (Phi) is 7.97. The molecule has 1 aromatic heterocycles. The molecule has 1 unspecified atom stereocenters. The molecule has 10 nitrogen and oxygen atoms in total. The van der Waals surface area contributed by atoms with Gasteiger partial charge in [0.25, 0.3) is 0 Å². The number of piperidine rings is 1. The molecule has 1 N–H and O–H groups in total. The third-order valence-electron chi connectivity index (χ3n) is 5.09. The zero-order chi connectivity index (χ0) is 24.2. The first-order valence-corrected chi connectivity index (χ1v) is 13.2. The number of likely N-dealkylation sites (tertiary alicyclic amines) is 1. The second kappa shape index (κ2) is 10.5. The standard InChI is InChI=1S/C20H24FN3O7S2/c1-13-19(30-14-5-8-24(9-6-14)18(25)7-10-32(26)27)22-12-23-20(13)31-17-4-3-15(11-16(17)21)33(2,28)29/h3-4,11-12,14H,5-10H2,1-2H3,(H,26,27). The number of amides is 1. The van der Waals surface area contributed by atoms with Crippen LogP contribution in [0.5, 0.6) is 17.5 Å². The van der Waals surface area contributed by atoms with Gasteiger partial charge in [-0.3, -0.25) is 4.79 Å². The van der Waals surface area contributed by atoms with Crippen LogP contribution in [-0.4, -0.2) is 69.2 Å². The molecule has 1 aliphatic heterocycles. The van der Waals surface area contributed by atoms with Crippen LogP contribution in [0.25, 0.3) is 0 Å². The number of benzene rings is 1. The lowest BCUT2D eigenvalue weighted by molar-refractivity contribution is -0.132. The molecule has 1 aliphatic rings. The highest BCUT2D eigenvalue weighted by atomic mass is 32.2. The minimum absolute atomic E-state index is 0.0159. The molecule has 13 heteroatoms. The van der Waals surface area contributed by atoms with Gasteiger partial charge in [0.15, 0.2) is 32.5 Å². The fraction of sp³-hybridized carbons (Fsp3) is 0.450. The molecule has 180 valence electrons. The Labute approximate surface area is 193 Å². The first kappa shape index (κ1) is 25.0. The summed E-state index contributed by atoms with van der Waals surface area (Å²) in [7, 11) is -3.55. The molecular weight excluding hydrogens is 477 g/mol. The highest BCUT2D eigenvalue weighted by Gasteiger charge is 2.25. The zero-order valence-electron chi connectivity index (χ0n) is 18.1. The fourth-order valence-corrected chi connectivity index (χ4v) is 4.24. The Balaban J connectivity index is 1.63. The molecule has 0 saturated carbocycles. The van der Waals surface area contributed by atoms with Crippen LogP contribution in [0.15, 0.2) is 29.4 Å². The van der Waals surface area contributed by atoms with Crippen LogP contribution in [0.3, 0.4) is 0 Å². The summed E-state index contributed by atoms with van der Waals surface area (Å²) in [6.07, 6.45) is 3.10. The lowest BCUT2D eigenvalue weighted by Gasteiger charge is -2.32. The minimum atomic E-state index is -3.55. The molecule has 2 heterocycles. The Hall–Kier alpha value is -2.64. The number of hydrogen-bond donors (Lipinski definition) is 1. The fourth-order valence-electron chi connectivity index (χ4n) is 3.25. The number of carbonyl (C=O) groups excluding carboxylic acids is 1. The van der Waals surface area contributed by atoms with Crippen LogP contribution in [0.2, 0.25) is 0 Å². The van der Waals surface area contributed by atoms with Crippen LogP contribution in [0.1, 0.15) is 24.8 Å². The number of hydrogen-bond acceptors (Lipinski definition) is 8. The summed E-state index contributed by atoms with van der Waals surface area (Å²) in [4.78, 5) is 21.7. The van der Waals surface area contributed by atoms with E-state index in [4.69, 9.17) is 14.0 Å². The van der Waals surface area contributed by atoms with Crippen molar-refractivity contribution in [1.29, 1.82) is 0 Å². The average Bonchev–Trinajstić information content (AvgIpc) is 2.76. The van der Waals surface area contributed by atoms with E-state index < -0.39 is 26.7 Å². The van der Waals surface area contributed by atoms with Crippen molar-refractivity contribution in [2.24, 2.45) is 0 Å². The summed E-state index contributed by atoms with van der Waals surface area (Å²) in [6.45, 7) is 2.56. The number of sulfone groups is 1. The molecule has 0 spiro atoms. The Morgan fingerprint density at radius 3 is 2.55 bits per heavy atom. The molecule has 0 radical (unpaired) electrons. The predicted octanol–water partition coefficient (Wildman–Crippen LogP) is 2.10. The number of halogens is 1. The average molecular weight is 502 g/mol. The van der Waals surface area contributed by atoms with Crippen LogP contribution in [-0.2, 0) is 25.7 Å². The summed E-state index contributed by atoms with van der Waals surface area (Å²) in [5.74, 6) is -0.973. The summed E-state index contributed by atoms with van der Waals surface area (Å²) in [5.41, 5.74) is 0.438. The van der Waals surface area contributed by atoms with E-state index in [2.05, 4.69) is 9.97 Å². The van der Waals surface area contributed by atoms with Gasteiger partial charge in [0.1, 0.15) is 12.4 Å². The molecule has 0 aliphatic carbocycles. The molecule has 3 rings (SSSR count). The third-order valence-corrected chi connectivity index (χ3v) is 6.76. The molecule has 1 amide bonds. The van der Waals surface area contributed by atoms with Crippen LogP contribution in [0.4, 0.5) is 4.39 Å². The van der Waals surface area contributed by atoms with Crippen molar-refractivity contribution in [2.45, 2.75) is 37.2 Å². The molecular formula is C20H24FN3O7S2.